The molecule has 10 heteroatoms. The average molecular weight is 425 g/mol. The molecule has 0 saturated carbocycles. The number of imidazole rings is 1. The van der Waals surface area contributed by atoms with E-state index in [1.54, 1.807) is 18.2 Å². The Balaban J connectivity index is 1.44. The molecule has 0 atom stereocenters. The van der Waals surface area contributed by atoms with Gasteiger partial charge in [0.25, 0.3) is 0 Å². The molecule has 142 valence electrons. The zero-order valence-electron chi connectivity index (χ0n) is 14.3. The number of morpholine rings is 1. The highest BCUT2D eigenvalue weighted by atomic mass is 35.5. The predicted molar refractivity (Wildman–Crippen MR) is 104 cm³/mol. The van der Waals surface area contributed by atoms with E-state index in [0.717, 1.165) is 16.4 Å². The van der Waals surface area contributed by atoms with Gasteiger partial charge in [-0.05, 0) is 24.3 Å². The molecule has 1 fully saturated rings. The standard InChI is InChI=1S/C17H17ClN4O3S2/c18-13-1-3-16-20-14(11-21(16)10-13)12-26-17-4-2-15(9-19-17)27(23,24)22-5-7-25-8-6-22/h1-4,9-11H,5-8,12H2. The quantitative estimate of drug-likeness (QED) is 0.586. The maximum Gasteiger partial charge on any atom is 0.244 e. The van der Waals surface area contributed by atoms with Crippen molar-refractivity contribution in [3.63, 3.8) is 0 Å². The fourth-order valence-corrected chi connectivity index (χ4v) is 5.02. The van der Waals surface area contributed by atoms with Crippen molar-refractivity contribution >= 4 is 39.0 Å². The van der Waals surface area contributed by atoms with E-state index < -0.39 is 10.0 Å². The second-order valence-corrected chi connectivity index (χ2v) is 9.35. The maximum absolute atomic E-state index is 12.6. The van der Waals surface area contributed by atoms with Gasteiger partial charge in [0.2, 0.25) is 10.0 Å². The van der Waals surface area contributed by atoms with Crippen LogP contribution in [-0.2, 0) is 20.5 Å². The van der Waals surface area contributed by atoms with Gasteiger partial charge in [-0.2, -0.15) is 4.31 Å². The fraction of sp³-hybridized carbons (Fsp3) is 0.294. The van der Waals surface area contributed by atoms with Gasteiger partial charge in [0.05, 0.1) is 29.0 Å². The normalized spacial score (nSPS) is 16.0. The molecule has 0 N–H and O–H groups in total. The van der Waals surface area contributed by atoms with E-state index >= 15 is 0 Å². The van der Waals surface area contributed by atoms with Crippen molar-refractivity contribution in [3.05, 3.63) is 53.6 Å². The van der Waals surface area contributed by atoms with Crippen molar-refractivity contribution in [2.24, 2.45) is 0 Å². The summed E-state index contributed by atoms with van der Waals surface area (Å²) >= 11 is 7.48. The maximum atomic E-state index is 12.6. The van der Waals surface area contributed by atoms with Crippen LogP contribution in [0.3, 0.4) is 0 Å². The van der Waals surface area contributed by atoms with Gasteiger partial charge in [-0.15, -0.1) is 0 Å². The molecule has 0 unspecified atom stereocenters. The lowest BCUT2D eigenvalue weighted by atomic mass is 10.5. The molecule has 0 aliphatic carbocycles. The molecule has 1 aliphatic rings. The van der Waals surface area contributed by atoms with Gasteiger partial charge in [-0.25, -0.2) is 18.4 Å². The highest BCUT2D eigenvalue weighted by Gasteiger charge is 2.26. The highest BCUT2D eigenvalue weighted by Crippen LogP contribution is 2.23. The van der Waals surface area contributed by atoms with Crippen LogP contribution >= 0.6 is 23.4 Å². The zero-order valence-corrected chi connectivity index (χ0v) is 16.7. The van der Waals surface area contributed by atoms with Gasteiger partial charge >= 0.3 is 0 Å². The van der Waals surface area contributed by atoms with Gasteiger partial charge in [0, 0.05) is 37.4 Å². The molecule has 0 amide bonds. The Hall–Kier alpha value is -1.65. The van der Waals surface area contributed by atoms with Crippen LogP contribution in [0.4, 0.5) is 0 Å². The van der Waals surface area contributed by atoms with Crippen LogP contribution in [0.1, 0.15) is 5.69 Å². The van der Waals surface area contributed by atoms with Crippen LogP contribution in [0.25, 0.3) is 5.65 Å². The molecule has 27 heavy (non-hydrogen) atoms. The van der Waals surface area contributed by atoms with Crippen molar-refractivity contribution in [2.75, 3.05) is 26.3 Å². The Bertz CT molecular complexity index is 1050. The summed E-state index contributed by atoms with van der Waals surface area (Å²) < 4.78 is 33.7. The molecule has 1 aliphatic heterocycles. The average Bonchev–Trinajstić information content (AvgIpc) is 3.09. The number of hydrogen-bond donors (Lipinski definition) is 0. The number of sulfonamides is 1. The number of aromatic nitrogens is 3. The second-order valence-electron chi connectivity index (χ2n) is 5.98. The largest absolute Gasteiger partial charge is 0.379 e. The molecular weight excluding hydrogens is 408 g/mol. The number of rotatable bonds is 5. The Morgan fingerprint density at radius 1 is 1.15 bits per heavy atom. The van der Waals surface area contributed by atoms with E-state index in [0.29, 0.717) is 37.1 Å². The minimum atomic E-state index is -3.51. The van der Waals surface area contributed by atoms with Crippen LogP contribution in [0, 0.1) is 0 Å². The molecule has 3 aromatic heterocycles. The monoisotopic (exact) mass is 424 g/mol. The lowest BCUT2D eigenvalue weighted by molar-refractivity contribution is 0.0730. The van der Waals surface area contributed by atoms with Crippen LogP contribution in [0.5, 0.6) is 0 Å². The number of nitrogens with zero attached hydrogens (tertiary/aromatic N) is 4. The van der Waals surface area contributed by atoms with Gasteiger partial charge in [0.1, 0.15) is 10.5 Å². The number of ether oxygens (including phenoxy) is 1. The van der Waals surface area contributed by atoms with Crippen molar-refractivity contribution in [2.45, 2.75) is 15.7 Å². The van der Waals surface area contributed by atoms with E-state index in [2.05, 4.69) is 9.97 Å². The molecule has 4 heterocycles. The van der Waals surface area contributed by atoms with E-state index in [-0.39, 0.29) is 4.90 Å². The Morgan fingerprint density at radius 2 is 1.96 bits per heavy atom. The molecule has 0 aromatic carbocycles. The smallest absolute Gasteiger partial charge is 0.244 e. The predicted octanol–water partition coefficient (Wildman–Crippen LogP) is 2.70. The highest BCUT2D eigenvalue weighted by molar-refractivity contribution is 7.98. The van der Waals surface area contributed by atoms with Gasteiger partial charge in [-0.1, -0.05) is 23.4 Å². The summed E-state index contributed by atoms with van der Waals surface area (Å²) in [6, 6.07) is 6.99. The first-order valence-corrected chi connectivity index (χ1v) is 11.1. The van der Waals surface area contributed by atoms with E-state index in [1.165, 1.54) is 22.3 Å². The van der Waals surface area contributed by atoms with E-state index in [4.69, 9.17) is 16.3 Å². The number of pyridine rings is 2. The Kier molecular flexibility index (Phi) is 5.38. The number of halogens is 1. The minimum Gasteiger partial charge on any atom is -0.379 e. The summed E-state index contributed by atoms with van der Waals surface area (Å²) in [6.07, 6.45) is 5.14. The summed E-state index contributed by atoms with van der Waals surface area (Å²) in [7, 11) is -3.51. The van der Waals surface area contributed by atoms with Crippen molar-refractivity contribution in [1.29, 1.82) is 0 Å². The van der Waals surface area contributed by atoms with Crippen molar-refractivity contribution < 1.29 is 13.2 Å². The summed E-state index contributed by atoms with van der Waals surface area (Å²) in [5, 5.41) is 1.39. The van der Waals surface area contributed by atoms with Crippen LogP contribution < -0.4 is 0 Å². The molecule has 0 spiro atoms. The summed E-state index contributed by atoms with van der Waals surface area (Å²) in [4.78, 5) is 9.03. The minimum absolute atomic E-state index is 0.205. The molecule has 1 saturated heterocycles. The third kappa shape index (κ3) is 4.12. The SMILES string of the molecule is O=S(=O)(c1ccc(SCc2cn3cc(Cl)ccc3n2)nc1)N1CCOCC1. The summed E-state index contributed by atoms with van der Waals surface area (Å²) in [6.45, 7) is 1.59. The van der Waals surface area contributed by atoms with Gasteiger partial charge in [0.15, 0.2) is 0 Å². The van der Waals surface area contributed by atoms with Gasteiger partial charge < -0.3 is 9.14 Å². The summed E-state index contributed by atoms with van der Waals surface area (Å²) in [5.74, 6) is 0.627. The van der Waals surface area contributed by atoms with Crippen LogP contribution in [0.2, 0.25) is 5.02 Å². The number of hydrogen-bond acceptors (Lipinski definition) is 6. The molecule has 4 rings (SSSR count). The topological polar surface area (TPSA) is 76.8 Å². The van der Waals surface area contributed by atoms with Crippen LogP contribution in [-0.4, -0.2) is 53.4 Å². The first-order valence-electron chi connectivity index (χ1n) is 8.32. The summed E-state index contributed by atoms with van der Waals surface area (Å²) in [5.41, 5.74) is 1.73. The Morgan fingerprint density at radius 3 is 2.70 bits per heavy atom. The number of thioether (sulfide) groups is 1. The van der Waals surface area contributed by atoms with Crippen LogP contribution in [0.15, 0.2) is 52.8 Å². The lowest BCUT2D eigenvalue weighted by Crippen LogP contribution is -2.40. The third-order valence-corrected chi connectivity index (χ3v) is 7.23. The molecule has 3 aromatic rings. The molecule has 0 bridgehead atoms. The Labute approximate surface area is 166 Å². The molecule has 0 radical (unpaired) electrons. The van der Waals surface area contributed by atoms with Crippen molar-refractivity contribution in [3.8, 4) is 0 Å². The van der Waals surface area contributed by atoms with E-state index in [1.807, 2.05) is 22.9 Å². The fourth-order valence-electron chi connectivity index (χ4n) is 2.78. The molecular formula is C17H17ClN4O3S2. The first kappa shape index (κ1) is 18.7. The molecule has 7 nitrogen and oxygen atoms in total. The second kappa shape index (κ2) is 7.76. The lowest BCUT2D eigenvalue weighted by Gasteiger charge is -2.25. The first-order chi connectivity index (χ1) is 13.0. The third-order valence-electron chi connectivity index (χ3n) is 4.15. The van der Waals surface area contributed by atoms with Gasteiger partial charge in [-0.3, -0.25) is 0 Å². The van der Waals surface area contributed by atoms with E-state index in [9.17, 15) is 8.42 Å². The van der Waals surface area contributed by atoms with Crippen molar-refractivity contribution in [1.82, 2.24) is 18.7 Å². The zero-order chi connectivity index (χ0) is 18.9. The number of fused-ring (bicyclic) bond motifs is 1.